The van der Waals surface area contributed by atoms with Crippen molar-refractivity contribution >= 4 is 60.3 Å². The summed E-state index contributed by atoms with van der Waals surface area (Å²) in [4.78, 5) is 85.8. The van der Waals surface area contributed by atoms with E-state index in [2.05, 4.69) is 79.8 Å². The maximum Gasteiger partial charge on any atom is 0.246 e. The van der Waals surface area contributed by atoms with Crippen LogP contribution in [0.15, 0.2) is 48.5 Å². The van der Waals surface area contributed by atoms with Crippen LogP contribution >= 0.6 is 24.8 Å². The van der Waals surface area contributed by atoms with Crippen LogP contribution in [-0.2, 0) is 41.6 Å². The largest absolute Gasteiger partial charge is 0.347 e. The summed E-state index contributed by atoms with van der Waals surface area (Å²) in [7, 11) is 3.36. The minimum Gasteiger partial charge on any atom is -0.347 e. The van der Waals surface area contributed by atoms with Crippen LogP contribution < -0.4 is 31.9 Å². The number of likely N-dealkylation sites (tertiary alicyclic amines) is 2. The van der Waals surface area contributed by atoms with Crippen molar-refractivity contribution in [2.45, 2.75) is 152 Å². The number of nitrogens with zero attached hydrogens (tertiary/aromatic N) is 2. The fourth-order valence-electron chi connectivity index (χ4n) is 9.73. The Labute approximate surface area is 402 Å². The zero-order chi connectivity index (χ0) is 45.6. The molecule has 14 nitrogen and oxygen atoms in total. The number of benzene rings is 2. The molecule has 2 heterocycles. The van der Waals surface area contributed by atoms with Crippen molar-refractivity contribution < 1.29 is 28.8 Å². The van der Waals surface area contributed by atoms with Crippen molar-refractivity contribution in [3.8, 4) is 23.7 Å². The number of fused-ring (bicyclic) bond motifs is 2. The Balaban J connectivity index is 0.00000476. The first-order valence-corrected chi connectivity index (χ1v) is 23.4. The summed E-state index contributed by atoms with van der Waals surface area (Å²) in [5.41, 5.74) is 4.68. The van der Waals surface area contributed by atoms with Crippen molar-refractivity contribution in [2.24, 2.45) is 0 Å². The molecule has 2 aromatic carbocycles. The fourth-order valence-corrected chi connectivity index (χ4v) is 9.73. The molecule has 8 atom stereocenters. The third-order valence-corrected chi connectivity index (χ3v) is 13.3. The van der Waals surface area contributed by atoms with E-state index in [1.165, 1.54) is 11.1 Å². The van der Waals surface area contributed by atoms with E-state index in [9.17, 15) is 28.8 Å². The minimum atomic E-state index is -1.03. The van der Waals surface area contributed by atoms with Gasteiger partial charge in [0.15, 0.2) is 0 Å². The molecule has 6 amide bonds. The number of rotatable bonds is 16. The molecule has 1 unspecified atom stereocenters. The molecule has 0 radical (unpaired) electrons. The summed E-state index contributed by atoms with van der Waals surface area (Å²) in [5.74, 6) is 9.58. The quantitative estimate of drug-likeness (QED) is 0.137. The Kier molecular flexibility index (Phi) is 21.3. The van der Waals surface area contributed by atoms with Crippen molar-refractivity contribution in [1.82, 2.24) is 41.7 Å². The predicted octanol–water partition coefficient (Wildman–Crippen LogP) is 3.95. The summed E-state index contributed by atoms with van der Waals surface area (Å²) >= 11 is 0. The van der Waals surface area contributed by atoms with Gasteiger partial charge in [-0.1, -0.05) is 74.2 Å². The number of carbonyl (C=O) groups is 6. The monoisotopic (exact) mass is 946 g/mol. The van der Waals surface area contributed by atoms with Crippen LogP contribution in [0.2, 0.25) is 0 Å². The molecular weight excluding hydrogens is 880 g/mol. The lowest BCUT2D eigenvalue weighted by molar-refractivity contribution is -0.141. The Morgan fingerprint density at radius 2 is 0.970 bits per heavy atom. The number of halogens is 2. The van der Waals surface area contributed by atoms with E-state index in [-0.39, 0.29) is 85.2 Å². The Morgan fingerprint density at radius 1 is 0.576 bits per heavy atom. The average molecular weight is 948 g/mol. The molecule has 4 aliphatic rings. The van der Waals surface area contributed by atoms with Gasteiger partial charge in [0, 0.05) is 25.9 Å². The highest BCUT2D eigenvalue weighted by atomic mass is 35.5. The predicted molar refractivity (Wildman–Crippen MR) is 259 cm³/mol. The molecule has 6 rings (SSSR count). The highest BCUT2D eigenvalue weighted by Gasteiger charge is 2.40. The third-order valence-electron chi connectivity index (χ3n) is 13.3. The second kappa shape index (κ2) is 26.3. The van der Waals surface area contributed by atoms with Crippen molar-refractivity contribution in [3.63, 3.8) is 0 Å². The zero-order valence-corrected chi connectivity index (χ0v) is 40.3. The van der Waals surface area contributed by atoms with Crippen LogP contribution in [-0.4, -0.2) is 109 Å². The van der Waals surface area contributed by atoms with E-state index in [4.69, 9.17) is 0 Å². The fraction of sp³-hybridized carbons (Fsp3) is 0.560. The third kappa shape index (κ3) is 13.3. The first kappa shape index (κ1) is 53.5. The highest BCUT2D eigenvalue weighted by molar-refractivity contribution is 5.95. The van der Waals surface area contributed by atoms with E-state index in [0.717, 1.165) is 49.7 Å². The number of nitrogens with one attached hydrogen (secondary N) is 6. The van der Waals surface area contributed by atoms with Gasteiger partial charge in [0.05, 0.1) is 24.2 Å². The van der Waals surface area contributed by atoms with Gasteiger partial charge >= 0.3 is 0 Å². The molecule has 0 bridgehead atoms. The first-order valence-electron chi connectivity index (χ1n) is 23.4. The van der Waals surface area contributed by atoms with Crippen molar-refractivity contribution in [1.29, 1.82) is 0 Å². The van der Waals surface area contributed by atoms with E-state index in [1.54, 1.807) is 23.9 Å². The van der Waals surface area contributed by atoms with Gasteiger partial charge in [0.1, 0.15) is 24.2 Å². The second-order valence-electron chi connectivity index (χ2n) is 17.3. The lowest BCUT2D eigenvalue weighted by Gasteiger charge is -2.31. The van der Waals surface area contributed by atoms with Gasteiger partial charge in [-0.3, -0.25) is 28.8 Å². The Bertz CT molecular complexity index is 1990. The van der Waals surface area contributed by atoms with Gasteiger partial charge in [-0.15, -0.1) is 24.8 Å². The molecule has 0 spiro atoms. The summed E-state index contributed by atoms with van der Waals surface area (Å²) in [6.07, 6.45) is 8.72. The number of hydrogen-bond acceptors (Lipinski definition) is 8. The van der Waals surface area contributed by atoms with E-state index in [1.807, 2.05) is 38.1 Å². The molecule has 358 valence electrons. The van der Waals surface area contributed by atoms with Crippen LogP contribution in [0, 0.1) is 23.7 Å². The van der Waals surface area contributed by atoms with Crippen LogP contribution in [0.25, 0.3) is 0 Å². The molecule has 0 saturated carbocycles. The number of amides is 6. The molecule has 16 heteroatoms. The number of hydrogen-bond donors (Lipinski definition) is 6. The molecule has 2 aliphatic carbocycles. The Hall–Kier alpha value is -5.12. The van der Waals surface area contributed by atoms with Crippen LogP contribution in [0.3, 0.4) is 0 Å². The van der Waals surface area contributed by atoms with E-state index in [0.29, 0.717) is 51.6 Å². The van der Waals surface area contributed by atoms with Crippen molar-refractivity contribution in [2.75, 3.05) is 27.2 Å². The minimum absolute atomic E-state index is 0. The highest BCUT2D eigenvalue weighted by Crippen LogP contribution is 2.32. The molecule has 0 aromatic heterocycles. The average Bonchev–Trinajstić information content (AvgIpc) is 4.02. The number of carbonyl (C=O) groups excluding carboxylic acids is 6. The van der Waals surface area contributed by atoms with Gasteiger partial charge in [-0.05, 0) is 125 Å². The first-order chi connectivity index (χ1) is 31.1. The summed E-state index contributed by atoms with van der Waals surface area (Å²) < 4.78 is 0. The van der Waals surface area contributed by atoms with Crippen molar-refractivity contribution in [3.05, 3.63) is 70.8 Å². The molecule has 2 saturated heterocycles. The topological polar surface area (TPSA) is 181 Å². The lowest BCUT2D eigenvalue weighted by Crippen LogP contribution is -2.56. The van der Waals surface area contributed by atoms with Crippen LogP contribution in [0.5, 0.6) is 0 Å². The van der Waals surface area contributed by atoms with E-state index < -0.39 is 36.3 Å². The SMILES string of the molecule is CC[C@H](NC)C(=O)N[C@@H](CC#CC#CC[C@H](NC(=O)[C@H](CC)NC)C(=O)N1CCC[C@H]1C(=O)N[C@@H]1CCCc2ccccc21)C(=O)N1CCC[C@H]1C(=O)NC1CCCc2ccccc21.Cl.Cl. The molecular formula is C50H68Cl2N8O6. The molecule has 66 heavy (non-hydrogen) atoms. The summed E-state index contributed by atoms with van der Waals surface area (Å²) in [6, 6.07) is 11.5. The van der Waals surface area contributed by atoms with Gasteiger partial charge in [-0.2, -0.15) is 0 Å². The Morgan fingerprint density at radius 3 is 1.35 bits per heavy atom. The molecule has 2 fully saturated rings. The summed E-state index contributed by atoms with van der Waals surface area (Å²) in [5, 5.41) is 18.2. The second-order valence-corrected chi connectivity index (χ2v) is 17.3. The zero-order valence-electron chi connectivity index (χ0n) is 38.7. The van der Waals surface area contributed by atoms with Crippen LogP contribution in [0.4, 0.5) is 0 Å². The lowest BCUT2D eigenvalue weighted by atomic mass is 9.87. The molecule has 6 N–H and O–H groups in total. The molecule has 2 aliphatic heterocycles. The summed E-state index contributed by atoms with van der Waals surface area (Å²) in [6.45, 7) is 4.49. The maximum absolute atomic E-state index is 14.2. The standard InChI is InChI=1S/C50H66N8O6.2ClH/c1-5-37(51-3)45(59)55-41(49(63)57-31-17-29-43(57)47(61)53-39-27-15-21-33-19-11-13-23-35(33)39)25-9-7-8-10-26-42(56-46(60)38(6-2)52-4)50(64)58-32-18-30-44(58)48(62)54-40-28-16-22-34-20-12-14-24-36(34)40;;/h11-14,19-20,23-24,37-44,51-52H,5-6,15-18,21-22,25-32H2,1-4H3,(H,53,61)(H,54,62)(H,55,59)(H,56,60);2*1H/t37-,38-,39+,40?,41-,42-,43-,44-;;/m0../s1. The van der Waals surface area contributed by atoms with Gasteiger partial charge in [0.25, 0.3) is 0 Å². The van der Waals surface area contributed by atoms with E-state index >= 15 is 0 Å². The van der Waals surface area contributed by atoms with Gasteiger partial charge in [-0.25, -0.2) is 0 Å². The normalized spacial score (nSPS) is 21.2. The van der Waals surface area contributed by atoms with Gasteiger partial charge < -0.3 is 41.7 Å². The smallest absolute Gasteiger partial charge is 0.246 e. The number of likely N-dealkylation sites (N-methyl/N-ethyl adjacent to an activating group) is 2. The number of aryl methyl sites for hydroxylation is 2. The molecule has 2 aromatic rings. The maximum atomic E-state index is 14.2. The van der Waals surface area contributed by atoms with Crippen LogP contribution in [0.1, 0.15) is 125 Å². The van der Waals surface area contributed by atoms with Gasteiger partial charge in [0.2, 0.25) is 35.4 Å².